The van der Waals surface area contributed by atoms with Gasteiger partial charge in [-0.2, -0.15) is 0 Å². The first-order chi connectivity index (χ1) is 7.27. The van der Waals surface area contributed by atoms with Crippen LogP contribution in [0.4, 0.5) is 0 Å². The topological polar surface area (TPSA) is 38.7 Å². The van der Waals surface area contributed by atoms with Gasteiger partial charge >= 0.3 is 0 Å². The second-order valence-electron chi connectivity index (χ2n) is 4.85. The quantitative estimate of drug-likeness (QED) is 0.761. The van der Waals surface area contributed by atoms with Gasteiger partial charge in [0.15, 0.2) is 0 Å². The fourth-order valence-electron chi connectivity index (χ4n) is 3.14. The van der Waals surface area contributed by atoms with Crippen molar-refractivity contribution in [1.82, 2.24) is 0 Å². The van der Waals surface area contributed by atoms with Crippen LogP contribution in [0.5, 0.6) is 0 Å². The average molecular weight is 214 g/mol. The van der Waals surface area contributed by atoms with Gasteiger partial charge in [0.1, 0.15) is 0 Å². The van der Waals surface area contributed by atoms with Crippen LogP contribution in [-0.2, 0) is 9.47 Å². The summed E-state index contributed by atoms with van der Waals surface area (Å²) in [6.45, 7) is 1.59. The fraction of sp³-hybridized carbons (Fsp3) is 1.00. The van der Waals surface area contributed by atoms with Crippen molar-refractivity contribution in [3.8, 4) is 0 Å². The lowest BCUT2D eigenvalue weighted by Crippen LogP contribution is -2.53. The Morgan fingerprint density at radius 3 is 2.60 bits per heavy atom. The van der Waals surface area contributed by atoms with Crippen LogP contribution in [0.2, 0.25) is 0 Å². The number of hydrogen-bond acceptors (Lipinski definition) is 3. The molecular weight excluding hydrogens is 192 g/mol. The molecule has 15 heavy (non-hydrogen) atoms. The second kappa shape index (κ2) is 4.81. The normalized spacial score (nSPS) is 39.2. The molecule has 2 aliphatic rings. The Morgan fingerprint density at radius 2 is 1.93 bits per heavy atom. The largest absolute Gasteiger partial charge is 0.387 e. The molecule has 2 fully saturated rings. The van der Waals surface area contributed by atoms with E-state index >= 15 is 0 Å². The summed E-state index contributed by atoms with van der Waals surface area (Å²) in [5.74, 6) is 0.372. The standard InChI is InChI=1S/C12H22O3/c1-14-11-4-2-3-7-12(11,13)10-5-8-15-9-6-10/h10-11,13H,2-9H2,1H3. The zero-order valence-corrected chi connectivity index (χ0v) is 9.58. The van der Waals surface area contributed by atoms with Crippen LogP contribution in [0.3, 0.4) is 0 Å². The second-order valence-corrected chi connectivity index (χ2v) is 4.85. The molecule has 3 heteroatoms. The Balaban J connectivity index is 2.06. The predicted octanol–water partition coefficient (Wildman–Crippen LogP) is 1.73. The molecule has 3 nitrogen and oxygen atoms in total. The highest BCUT2D eigenvalue weighted by molar-refractivity contribution is 4.96. The summed E-state index contributed by atoms with van der Waals surface area (Å²) in [5, 5.41) is 10.8. The van der Waals surface area contributed by atoms with Gasteiger partial charge in [0.25, 0.3) is 0 Å². The smallest absolute Gasteiger partial charge is 0.0937 e. The molecule has 0 radical (unpaired) electrons. The first-order valence-corrected chi connectivity index (χ1v) is 6.10. The van der Waals surface area contributed by atoms with Crippen LogP contribution in [0.25, 0.3) is 0 Å². The Morgan fingerprint density at radius 1 is 1.20 bits per heavy atom. The average Bonchev–Trinajstić information content (AvgIpc) is 2.31. The van der Waals surface area contributed by atoms with Gasteiger partial charge in [-0.25, -0.2) is 0 Å². The molecule has 2 atom stereocenters. The van der Waals surface area contributed by atoms with Gasteiger partial charge in [0.2, 0.25) is 0 Å². The van der Waals surface area contributed by atoms with Gasteiger partial charge in [-0.15, -0.1) is 0 Å². The van der Waals surface area contributed by atoms with Crippen molar-refractivity contribution in [2.75, 3.05) is 20.3 Å². The highest BCUT2D eigenvalue weighted by atomic mass is 16.5. The minimum absolute atomic E-state index is 0.0364. The molecule has 0 aromatic carbocycles. The van der Waals surface area contributed by atoms with Crippen LogP contribution in [0, 0.1) is 5.92 Å². The molecule has 1 saturated carbocycles. The van der Waals surface area contributed by atoms with Crippen molar-refractivity contribution in [3.05, 3.63) is 0 Å². The molecule has 1 heterocycles. The van der Waals surface area contributed by atoms with E-state index in [0.717, 1.165) is 45.3 Å². The fourth-order valence-corrected chi connectivity index (χ4v) is 3.14. The van der Waals surface area contributed by atoms with Crippen molar-refractivity contribution >= 4 is 0 Å². The van der Waals surface area contributed by atoms with Gasteiger partial charge in [0.05, 0.1) is 11.7 Å². The van der Waals surface area contributed by atoms with E-state index in [4.69, 9.17) is 9.47 Å². The molecule has 2 rings (SSSR count). The van der Waals surface area contributed by atoms with E-state index in [1.807, 2.05) is 0 Å². The molecule has 0 aromatic rings. The van der Waals surface area contributed by atoms with E-state index in [-0.39, 0.29) is 6.10 Å². The molecule has 0 bridgehead atoms. The van der Waals surface area contributed by atoms with Crippen molar-refractivity contribution in [1.29, 1.82) is 0 Å². The van der Waals surface area contributed by atoms with E-state index in [0.29, 0.717) is 5.92 Å². The van der Waals surface area contributed by atoms with Gasteiger partial charge in [0, 0.05) is 20.3 Å². The first-order valence-electron chi connectivity index (χ1n) is 6.10. The van der Waals surface area contributed by atoms with Crippen LogP contribution in [-0.4, -0.2) is 37.1 Å². The lowest BCUT2D eigenvalue weighted by atomic mass is 9.71. The maximum Gasteiger partial charge on any atom is 0.0937 e. The van der Waals surface area contributed by atoms with Gasteiger partial charge in [-0.1, -0.05) is 12.8 Å². The molecule has 1 saturated heterocycles. The summed E-state index contributed by atoms with van der Waals surface area (Å²) in [7, 11) is 1.72. The summed E-state index contributed by atoms with van der Waals surface area (Å²) in [6, 6.07) is 0. The number of hydrogen-bond donors (Lipinski definition) is 1. The summed E-state index contributed by atoms with van der Waals surface area (Å²) < 4.78 is 10.8. The Bertz CT molecular complexity index is 201. The number of ether oxygens (including phenoxy) is 2. The number of aliphatic hydroxyl groups is 1. The monoisotopic (exact) mass is 214 g/mol. The zero-order valence-electron chi connectivity index (χ0n) is 9.58. The molecule has 1 aliphatic heterocycles. The van der Waals surface area contributed by atoms with E-state index in [2.05, 4.69) is 0 Å². The Kier molecular flexibility index (Phi) is 3.65. The maximum absolute atomic E-state index is 10.8. The molecule has 2 unspecified atom stereocenters. The van der Waals surface area contributed by atoms with Crippen LogP contribution >= 0.6 is 0 Å². The van der Waals surface area contributed by atoms with Crippen LogP contribution in [0.1, 0.15) is 38.5 Å². The minimum atomic E-state index is -0.587. The van der Waals surface area contributed by atoms with Gasteiger partial charge in [-0.3, -0.25) is 0 Å². The van der Waals surface area contributed by atoms with E-state index in [9.17, 15) is 5.11 Å². The molecule has 0 amide bonds. The molecule has 0 aromatic heterocycles. The molecule has 88 valence electrons. The minimum Gasteiger partial charge on any atom is -0.387 e. The van der Waals surface area contributed by atoms with Crippen LogP contribution < -0.4 is 0 Å². The summed E-state index contributed by atoms with van der Waals surface area (Å²) >= 11 is 0. The van der Waals surface area contributed by atoms with Crippen LogP contribution in [0.15, 0.2) is 0 Å². The van der Waals surface area contributed by atoms with E-state index < -0.39 is 5.60 Å². The zero-order chi connectivity index (χ0) is 10.7. The van der Waals surface area contributed by atoms with Crippen molar-refractivity contribution in [2.24, 2.45) is 5.92 Å². The summed E-state index contributed by atoms with van der Waals surface area (Å²) in [4.78, 5) is 0. The molecule has 0 spiro atoms. The third kappa shape index (κ3) is 2.19. The highest BCUT2D eigenvalue weighted by Gasteiger charge is 2.45. The SMILES string of the molecule is COC1CCCCC1(O)C1CCOCC1. The molecular formula is C12H22O3. The van der Waals surface area contributed by atoms with Gasteiger partial charge < -0.3 is 14.6 Å². The van der Waals surface area contributed by atoms with E-state index in [1.165, 1.54) is 6.42 Å². The first kappa shape index (κ1) is 11.4. The van der Waals surface area contributed by atoms with Crippen molar-refractivity contribution < 1.29 is 14.6 Å². The molecule has 1 N–H and O–H groups in total. The van der Waals surface area contributed by atoms with E-state index in [1.54, 1.807) is 7.11 Å². The Hall–Kier alpha value is -0.120. The third-order valence-electron chi connectivity index (χ3n) is 4.06. The summed E-state index contributed by atoms with van der Waals surface area (Å²) in [5.41, 5.74) is -0.587. The lowest BCUT2D eigenvalue weighted by Gasteiger charge is -2.45. The number of rotatable bonds is 2. The summed E-state index contributed by atoms with van der Waals surface area (Å²) in [6.07, 6.45) is 6.22. The molecule has 1 aliphatic carbocycles. The van der Waals surface area contributed by atoms with Crippen molar-refractivity contribution in [2.45, 2.75) is 50.2 Å². The van der Waals surface area contributed by atoms with Crippen molar-refractivity contribution in [3.63, 3.8) is 0 Å². The third-order valence-corrected chi connectivity index (χ3v) is 4.06. The Labute approximate surface area is 91.8 Å². The lowest BCUT2D eigenvalue weighted by molar-refractivity contribution is -0.165. The highest BCUT2D eigenvalue weighted by Crippen LogP contribution is 2.40. The van der Waals surface area contributed by atoms with Gasteiger partial charge in [-0.05, 0) is 31.6 Å². The maximum atomic E-state index is 10.8. The predicted molar refractivity (Wildman–Crippen MR) is 57.8 cm³/mol. The number of methoxy groups -OCH3 is 1.